The zero-order chi connectivity index (χ0) is 7.11. The average Bonchev–Trinajstić information content (AvgIpc) is 1.89. The van der Waals surface area contributed by atoms with Gasteiger partial charge in [-0.25, -0.2) is 4.79 Å². The van der Waals surface area contributed by atoms with Gasteiger partial charge in [0.1, 0.15) is 0 Å². The molecule has 1 N–H and O–H groups in total. The highest BCUT2D eigenvalue weighted by Gasteiger charge is 1.87. The van der Waals surface area contributed by atoms with Gasteiger partial charge in [-0.1, -0.05) is 6.08 Å². The van der Waals surface area contributed by atoms with Crippen molar-refractivity contribution in [1.29, 1.82) is 0 Å². The third-order valence-corrected chi connectivity index (χ3v) is 0.751. The fourth-order valence-corrected chi connectivity index (χ4v) is 0.322. The summed E-state index contributed by atoms with van der Waals surface area (Å²) in [6, 6.07) is 0. The summed E-state index contributed by atoms with van der Waals surface area (Å²) < 4.78 is 4.29. The minimum atomic E-state index is -0.386. The number of aliphatic hydroxyl groups is 1. The third-order valence-electron chi connectivity index (χ3n) is 0.751. The van der Waals surface area contributed by atoms with Crippen molar-refractivity contribution in [3.05, 3.63) is 12.2 Å². The first kappa shape index (κ1) is 8.17. The second-order valence-electron chi connectivity index (χ2n) is 1.44. The van der Waals surface area contributed by atoms with Gasteiger partial charge in [-0.3, -0.25) is 0 Å². The van der Waals surface area contributed by atoms with Gasteiger partial charge in [0.05, 0.1) is 7.11 Å². The molecule has 0 aliphatic carbocycles. The van der Waals surface area contributed by atoms with Crippen LogP contribution in [0.4, 0.5) is 0 Å². The molecule has 0 amide bonds. The first-order chi connectivity index (χ1) is 4.31. The monoisotopic (exact) mass is 130 g/mol. The van der Waals surface area contributed by atoms with Gasteiger partial charge in [0, 0.05) is 12.7 Å². The molecule has 0 heterocycles. The summed E-state index contributed by atoms with van der Waals surface area (Å²) in [5.74, 6) is -0.386. The van der Waals surface area contributed by atoms with Crippen LogP contribution < -0.4 is 0 Å². The van der Waals surface area contributed by atoms with Gasteiger partial charge >= 0.3 is 5.97 Å². The molecular formula is C6H10O3. The average molecular weight is 130 g/mol. The smallest absolute Gasteiger partial charge is 0.330 e. The van der Waals surface area contributed by atoms with E-state index in [1.54, 1.807) is 6.08 Å². The Morgan fingerprint density at radius 1 is 1.78 bits per heavy atom. The molecular weight excluding hydrogens is 120 g/mol. The van der Waals surface area contributed by atoms with Gasteiger partial charge < -0.3 is 9.84 Å². The molecule has 0 atom stereocenters. The Labute approximate surface area is 53.9 Å². The van der Waals surface area contributed by atoms with Crippen molar-refractivity contribution in [2.45, 2.75) is 6.42 Å². The van der Waals surface area contributed by atoms with E-state index in [9.17, 15) is 4.79 Å². The van der Waals surface area contributed by atoms with Crippen LogP contribution in [0.15, 0.2) is 12.2 Å². The van der Waals surface area contributed by atoms with Crippen LogP contribution in [0.1, 0.15) is 6.42 Å². The van der Waals surface area contributed by atoms with E-state index in [2.05, 4.69) is 4.74 Å². The Morgan fingerprint density at radius 2 is 2.44 bits per heavy atom. The number of hydrogen-bond acceptors (Lipinski definition) is 3. The van der Waals surface area contributed by atoms with E-state index in [4.69, 9.17) is 5.11 Å². The first-order valence-electron chi connectivity index (χ1n) is 2.66. The quantitative estimate of drug-likeness (QED) is 0.435. The number of hydrogen-bond donors (Lipinski definition) is 1. The van der Waals surface area contributed by atoms with Crippen molar-refractivity contribution in [2.75, 3.05) is 13.7 Å². The van der Waals surface area contributed by atoms with E-state index in [1.807, 2.05) is 0 Å². The van der Waals surface area contributed by atoms with E-state index < -0.39 is 0 Å². The van der Waals surface area contributed by atoms with Gasteiger partial charge in [0.15, 0.2) is 0 Å². The van der Waals surface area contributed by atoms with Crippen LogP contribution in [-0.2, 0) is 9.53 Å². The molecule has 0 rings (SSSR count). The van der Waals surface area contributed by atoms with E-state index in [0.29, 0.717) is 6.42 Å². The van der Waals surface area contributed by atoms with E-state index in [0.717, 1.165) is 0 Å². The Bertz CT molecular complexity index is 107. The van der Waals surface area contributed by atoms with E-state index >= 15 is 0 Å². The third kappa shape index (κ3) is 5.03. The van der Waals surface area contributed by atoms with Crippen LogP contribution in [0.25, 0.3) is 0 Å². The van der Waals surface area contributed by atoms with Gasteiger partial charge in [-0.2, -0.15) is 0 Å². The maximum absolute atomic E-state index is 10.3. The summed E-state index contributed by atoms with van der Waals surface area (Å²) in [5.41, 5.74) is 0. The van der Waals surface area contributed by atoms with Crippen LogP contribution in [0.3, 0.4) is 0 Å². The van der Waals surface area contributed by atoms with Crippen LogP contribution in [0.2, 0.25) is 0 Å². The summed E-state index contributed by atoms with van der Waals surface area (Å²) in [4.78, 5) is 10.3. The van der Waals surface area contributed by atoms with E-state index in [1.165, 1.54) is 13.2 Å². The van der Waals surface area contributed by atoms with Crippen molar-refractivity contribution in [3.63, 3.8) is 0 Å². The number of rotatable bonds is 3. The largest absolute Gasteiger partial charge is 0.466 e. The highest BCUT2D eigenvalue weighted by atomic mass is 16.5. The molecule has 0 spiro atoms. The highest BCUT2D eigenvalue weighted by Crippen LogP contribution is 1.81. The van der Waals surface area contributed by atoms with Crippen LogP contribution in [0, 0.1) is 0 Å². The van der Waals surface area contributed by atoms with Gasteiger partial charge in [-0.05, 0) is 6.42 Å². The molecule has 0 bridgehead atoms. The summed E-state index contributed by atoms with van der Waals surface area (Å²) in [6.45, 7) is 0.0630. The summed E-state index contributed by atoms with van der Waals surface area (Å²) >= 11 is 0. The fraction of sp³-hybridized carbons (Fsp3) is 0.500. The predicted molar refractivity (Wildman–Crippen MR) is 32.9 cm³/mol. The van der Waals surface area contributed by atoms with Gasteiger partial charge in [0.2, 0.25) is 0 Å². The zero-order valence-corrected chi connectivity index (χ0v) is 5.33. The molecule has 0 saturated carbocycles. The second kappa shape index (κ2) is 5.31. The molecule has 0 aliphatic heterocycles. The number of methoxy groups -OCH3 is 1. The van der Waals surface area contributed by atoms with Crippen molar-refractivity contribution >= 4 is 5.97 Å². The molecule has 0 aromatic rings. The standard InChI is InChI=1S/C6H10O3/c1-9-6(8)4-2-3-5-7/h2,4,7H,3,5H2,1H3. The lowest BCUT2D eigenvalue weighted by molar-refractivity contribution is -0.134. The van der Waals surface area contributed by atoms with Gasteiger partial charge in [-0.15, -0.1) is 0 Å². The molecule has 0 aromatic carbocycles. The molecule has 0 saturated heterocycles. The molecule has 9 heavy (non-hydrogen) atoms. The van der Waals surface area contributed by atoms with Crippen LogP contribution in [0.5, 0.6) is 0 Å². The SMILES string of the molecule is COC(=O)C=CCCO. The fourth-order valence-electron chi connectivity index (χ4n) is 0.322. The Morgan fingerprint density at radius 3 is 2.89 bits per heavy atom. The normalized spacial score (nSPS) is 10.0. The number of aliphatic hydroxyl groups excluding tert-OH is 1. The van der Waals surface area contributed by atoms with Crippen LogP contribution >= 0.6 is 0 Å². The predicted octanol–water partition coefficient (Wildman–Crippen LogP) is 0.0980. The minimum absolute atomic E-state index is 0.0630. The summed E-state index contributed by atoms with van der Waals surface area (Å²) in [7, 11) is 1.31. The summed E-state index contributed by atoms with van der Waals surface area (Å²) in [5, 5.41) is 8.25. The molecule has 3 nitrogen and oxygen atoms in total. The topological polar surface area (TPSA) is 46.5 Å². The lowest BCUT2D eigenvalue weighted by atomic mass is 10.4. The molecule has 0 fully saturated rings. The van der Waals surface area contributed by atoms with E-state index in [-0.39, 0.29) is 12.6 Å². The number of ether oxygens (including phenoxy) is 1. The maximum atomic E-state index is 10.3. The Kier molecular flexibility index (Phi) is 4.82. The molecule has 0 aromatic heterocycles. The zero-order valence-electron chi connectivity index (χ0n) is 5.33. The Hall–Kier alpha value is -0.830. The maximum Gasteiger partial charge on any atom is 0.330 e. The highest BCUT2D eigenvalue weighted by molar-refractivity contribution is 5.81. The molecule has 3 heteroatoms. The molecule has 0 unspecified atom stereocenters. The minimum Gasteiger partial charge on any atom is -0.466 e. The molecule has 0 aliphatic rings. The lowest BCUT2D eigenvalue weighted by Gasteiger charge is -1.87. The number of esters is 1. The van der Waals surface area contributed by atoms with Crippen molar-refractivity contribution < 1.29 is 14.6 Å². The first-order valence-corrected chi connectivity index (χ1v) is 2.66. The van der Waals surface area contributed by atoms with Crippen molar-refractivity contribution in [1.82, 2.24) is 0 Å². The lowest BCUT2D eigenvalue weighted by Crippen LogP contribution is -1.93. The second-order valence-corrected chi connectivity index (χ2v) is 1.44. The number of carbonyl (C=O) groups is 1. The van der Waals surface area contributed by atoms with Crippen LogP contribution in [-0.4, -0.2) is 24.8 Å². The number of carbonyl (C=O) groups excluding carboxylic acids is 1. The summed E-state index contributed by atoms with van der Waals surface area (Å²) in [6.07, 6.45) is 3.34. The molecule has 0 radical (unpaired) electrons. The molecule has 52 valence electrons. The van der Waals surface area contributed by atoms with Crippen molar-refractivity contribution in [3.8, 4) is 0 Å². The van der Waals surface area contributed by atoms with Gasteiger partial charge in [0.25, 0.3) is 0 Å². The Balaban J connectivity index is 3.32. The van der Waals surface area contributed by atoms with Crippen molar-refractivity contribution in [2.24, 2.45) is 0 Å².